The Morgan fingerprint density at radius 2 is 1.50 bits per heavy atom. The van der Waals surface area contributed by atoms with Gasteiger partial charge in [0.1, 0.15) is 5.54 Å². The lowest BCUT2D eigenvalue weighted by molar-refractivity contribution is -0.149. The third-order valence-electron chi connectivity index (χ3n) is 5.65. The number of Topliss-reactive ketones (excluding diaryl/α,β-unsaturated/α-hetero) is 2. The summed E-state index contributed by atoms with van der Waals surface area (Å²) in [7, 11) is 0. The number of benzene rings is 2. The van der Waals surface area contributed by atoms with Crippen molar-refractivity contribution in [1.82, 2.24) is 0 Å². The average molecular weight is 351 g/mol. The van der Waals surface area contributed by atoms with Crippen LogP contribution in [0.4, 0.5) is 0 Å². The molecule has 0 amide bonds. The number of nitrogens with two attached hydrogens (primary N) is 1. The van der Waals surface area contributed by atoms with Crippen molar-refractivity contribution in [2.24, 2.45) is 11.1 Å². The third kappa shape index (κ3) is 2.04. The Morgan fingerprint density at radius 3 is 1.96 bits per heavy atom. The fraction of sp³-hybridized carbons (Fsp3) is 0.381. The number of carbonyl (C=O) groups excluding carboxylic acids is 3. The molecule has 0 radical (unpaired) electrons. The molecule has 26 heavy (non-hydrogen) atoms. The molecule has 2 aliphatic carbocycles. The first-order chi connectivity index (χ1) is 12.2. The van der Waals surface area contributed by atoms with Crippen molar-refractivity contribution >= 4 is 28.3 Å². The Morgan fingerprint density at radius 1 is 1.00 bits per heavy atom. The topological polar surface area (TPSA) is 86.5 Å². The van der Waals surface area contributed by atoms with Gasteiger partial charge in [0, 0.05) is 29.4 Å². The molecule has 5 heteroatoms. The van der Waals surface area contributed by atoms with Crippen LogP contribution < -0.4 is 5.73 Å². The summed E-state index contributed by atoms with van der Waals surface area (Å²) in [6.45, 7) is 5.37. The summed E-state index contributed by atoms with van der Waals surface area (Å²) >= 11 is 0. The highest BCUT2D eigenvalue weighted by Gasteiger charge is 2.45. The summed E-state index contributed by atoms with van der Waals surface area (Å²) < 4.78 is 5.16. The van der Waals surface area contributed by atoms with Crippen LogP contribution in [-0.2, 0) is 22.4 Å². The van der Waals surface area contributed by atoms with Crippen molar-refractivity contribution in [3.8, 4) is 0 Å². The molecule has 2 N–H and O–H groups in total. The van der Waals surface area contributed by atoms with E-state index < -0.39 is 16.9 Å². The van der Waals surface area contributed by atoms with Crippen LogP contribution >= 0.6 is 0 Å². The largest absolute Gasteiger partial charge is 0.465 e. The zero-order valence-corrected chi connectivity index (χ0v) is 15.1. The highest BCUT2D eigenvalue weighted by molar-refractivity contribution is 6.32. The van der Waals surface area contributed by atoms with Crippen LogP contribution in [0.3, 0.4) is 0 Å². The van der Waals surface area contributed by atoms with Gasteiger partial charge in [-0.05, 0) is 37.3 Å². The summed E-state index contributed by atoms with van der Waals surface area (Å²) in [6.07, 6.45) is 0.648. The van der Waals surface area contributed by atoms with Gasteiger partial charge in [-0.3, -0.25) is 14.4 Å². The minimum Gasteiger partial charge on any atom is -0.465 e. The van der Waals surface area contributed by atoms with Crippen LogP contribution in [0, 0.1) is 5.41 Å². The minimum absolute atomic E-state index is 0.159. The molecule has 134 valence electrons. The van der Waals surface area contributed by atoms with E-state index in [1.165, 1.54) is 0 Å². The maximum atomic E-state index is 12.9. The summed E-state index contributed by atoms with van der Waals surface area (Å²) in [4.78, 5) is 38.1. The van der Waals surface area contributed by atoms with Gasteiger partial charge >= 0.3 is 5.97 Å². The minimum atomic E-state index is -1.13. The SMILES string of the molecule is CCOC(=O)C1(N)Cc2ccc3c4c(ccc(c24)C1)C(=O)C(C)(C)C3=O. The molecule has 0 fully saturated rings. The molecule has 2 aromatic rings. The van der Waals surface area contributed by atoms with Crippen LogP contribution in [0.5, 0.6) is 0 Å². The summed E-state index contributed by atoms with van der Waals surface area (Å²) in [5, 5.41) is 1.60. The molecule has 0 aromatic heterocycles. The number of carbonyl (C=O) groups is 3. The van der Waals surface area contributed by atoms with E-state index >= 15 is 0 Å². The highest BCUT2D eigenvalue weighted by Crippen LogP contribution is 2.43. The molecular weight excluding hydrogens is 330 g/mol. The van der Waals surface area contributed by atoms with Crippen molar-refractivity contribution in [3.05, 3.63) is 46.5 Å². The monoisotopic (exact) mass is 351 g/mol. The lowest BCUT2D eigenvalue weighted by Gasteiger charge is -2.35. The smallest absolute Gasteiger partial charge is 0.326 e. The second kappa shape index (κ2) is 5.24. The van der Waals surface area contributed by atoms with E-state index in [0.29, 0.717) is 29.4 Å². The highest BCUT2D eigenvalue weighted by atomic mass is 16.5. The number of ether oxygens (including phenoxy) is 1. The molecule has 5 nitrogen and oxygen atoms in total. The molecule has 0 heterocycles. The number of hydrogen-bond donors (Lipinski definition) is 1. The lowest BCUT2D eigenvalue weighted by Crippen LogP contribution is -2.54. The van der Waals surface area contributed by atoms with Gasteiger partial charge < -0.3 is 10.5 Å². The fourth-order valence-electron chi connectivity index (χ4n) is 4.25. The van der Waals surface area contributed by atoms with E-state index in [4.69, 9.17) is 10.5 Å². The van der Waals surface area contributed by atoms with Crippen molar-refractivity contribution in [2.75, 3.05) is 6.61 Å². The molecule has 0 spiro atoms. The molecule has 0 saturated carbocycles. The van der Waals surface area contributed by atoms with Gasteiger partial charge in [-0.1, -0.05) is 24.3 Å². The van der Waals surface area contributed by atoms with Gasteiger partial charge in [0.05, 0.1) is 12.0 Å². The average Bonchev–Trinajstić information content (AvgIpc) is 2.60. The molecule has 0 aliphatic heterocycles. The van der Waals surface area contributed by atoms with Gasteiger partial charge in [0.15, 0.2) is 11.6 Å². The number of esters is 1. The number of hydrogen-bond acceptors (Lipinski definition) is 5. The van der Waals surface area contributed by atoms with Crippen LogP contribution in [0.15, 0.2) is 24.3 Å². The Hall–Kier alpha value is -2.53. The Bertz CT molecular complexity index is 940. The second-order valence-corrected chi connectivity index (χ2v) is 7.81. The van der Waals surface area contributed by atoms with Crippen molar-refractivity contribution in [2.45, 2.75) is 39.2 Å². The maximum Gasteiger partial charge on any atom is 0.326 e. The van der Waals surface area contributed by atoms with Gasteiger partial charge in [-0.25, -0.2) is 0 Å². The van der Waals surface area contributed by atoms with Crippen LogP contribution in [0.2, 0.25) is 0 Å². The van der Waals surface area contributed by atoms with Crippen LogP contribution in [0.25, 0.3) is 10.8 Å². The Labute approximate surface area is 151 Å². The Kier molecular flexibility index (Phi) is 3.41. The van der Waals surface area contributed by atoms with E-state index in [1.807, 2.05) is 12.1 Å². The molecule has 4 rings (SSSR count). The van der Waals surface area contributed by atoms with E-state index in [9.17, 15) is 14.4 Å². The van der Waals surface area contributed by atoms with E-state index in [1.54, 1.807) is 32.9 Å². The van der Waals surface area contributed by atoms with E-state index in [-0.39, 0.29) is 18.2 Å². The standard InChI is InChI=1S/C21H21NO4/c1-4-26-19(25)21(22)9-11-5-7-13-16-14(8-6-12(10-21)15(11)16)18(24)20(2,3)17(13)23/h5-8H,4,9-10,22H2,1-3H3. The fourth-order valence-corrected chi connectivity index (χ4v) is 4.25. The first-order valence-corrected chi connectivity index (χ1v) is 8.84. The van der Waals surface area contributed by atoms with Crippen LogP contribution in [-0.4, -0.2) is 29.7 Å². The van der Waals surface area contributed by atoms with Crippen molar-refractivity contribution in [1.29, 1.82) is 0 Å². The molecule has 0 bridgehead atoms. The maximum absolute atomic E-state index is 12.9. The van der Waals surface area contributed by atoms with Gasteiger partial charge in [0.2, 0.25) is 0 Å². The predicted molar refractivity (Wildman–Crippen MR) is 97.3 cm³/mol. The van der Waals surface area contributed by atoms with Gasteiger partial charge in [-0.2, -0.15) is 0 Å². The zero-order valence-electron chi connectivity index (χ0n) is 15.1. The van der Waals surface area contributed by atoms with Gasteiger partial charge in [-0.15, -0.1) is 0 Å². The summed E-state index contributed by atoms with van der Waals surface area (Å²) in [6, 6.07) is 7.24. The van der Waals surface area contributed by atoms with Gasteiger partial charge in [0.25, 0.3) is 0 Å². The van der Waals surface area contributed by atoms with Crippen molar-refractivity contribution in [3.63, 3.8) is 0 Å². The molecule has 2 aliphatic rings. The van der Waals surface area contributed by atoms with E-state index in [2.05, 4.69) is 0 Å². The summed E-state index contributed by atoms with van der Waals surface area (Å²) in [5.74, 6) is -0.741. The van der Waals surface area contributed by atoms with Crippen molar-refractivity contribution < 1.29 is 19.1 Å². The Balaban J connectivity index is 1.96. The molecule has 0 atom stereocenters. The molecule has 0 saturated heterocycles. The van der Waals surface area contributed by atoms with E-state index in [0.717, 1.165) is 16.5 Å². The third-order valence-corrected chi connectivity index (χ3v) is 5.65. The summed E-state index contributed by atoms with van der Waals surface area (Å²) in [5.41, 5.74) is 7.11. The number of ketones is 2. The lowest BCUT2D eigenvalue weighted by atomic mass is 9.68. The normalized spacial score (nSPS) is 19.5. The molecule has 2 aromatic carbocycles. The predicted octanol–water partition coefficient (Wildman–Crippen LogP) is 2.60. The quantitative estimate of drug-likeness (QED) is 0.664. The zero-order chi connectivity index (χ0) is 18.9. The molecular formula is C21H21NO4. The number of rotatable bonds is 2. The van der Waals surface area contributed by atoms with Crippen LogP contribution in [0.1, 0.15) is 52.6 Å². The first-order valence-electron chi connectivity index (χ1n) is 8.84. The second-order valence-electron chi connectivity index (χ2n) is 7.81. The first kappa shape index (κ1) is 16.9. The molecule has 0 unspecified atom stereocenters.